The van der Waals surface area contributed by atoms with Crippen LogP contribution in [0.15, 0.2) is 6.07 Å². The van der Waals surface area contributed by atoms with Gasteiger partial charge in [0.25, 0.3) is 5.91 Å². The normalized spacial score (nSPS) is 11.2. The molecule has 0 saturated heterocycles. The van der Waals surface area contributed by atoms with Crippen LogP contribution in [0.1, 0.15) is 35.6 Å². The number of hydrogen-bond acceptors (Lipinski definition) is 5. The highest BCUT2D eigenvalue weighted by Gasteiger charge is 2.26. The number of aryl methyl sites for hydroxylation is 2. The number of fused-ring (bicyclic) bond motifs is 1. The zero-order valence-corrected chi connectivity index (χ0v) is 13.7. The van der Waals surface area contributed by atoms with Gasteiger partial charge in [-0.05, 0) is 39.3 Å². The lowest BCUT2D eigenvalue weighted by molar-refractivity contribution is 0.100. The van der Waals surface area contributed by atoms with Crippen LogP contribution in [0.2, 0.25) is 0 Å². The van der Waals surface area contributed by atoms with Crippen molar-refractivity contribution >= 4 is 17.1 Å². The van der Waals surface area contributed by atoms with E-state index in [-0.39, 0.29) is 5.56 Å². The lowest BCUT2D eigenvalue weighted by Crippen LogP contribution is -2.22. The van der Waals surface area contributed by atoms with Crippen LogP contribution >= 0.6 is 0 Å². The number of ether oxygens (including phenoxy) is 1. The highest BCUT2D eigenvalue weighted by Crippen LogP contribution is 2.22. The van der Waals surface area contributed by atoms with Crippen molar-refractivity contribution in [2.75, 3.05) is 7.11 Å². The molecule has 0 radical (unpaired) electrons. The topological polar surface area (TPSA) is 100 Å². The van der Waals surface area contributed by atoms with Gasteiger partial charge in [-0.1, -0.05) is 5.10 Å². The molecule has 0 aliphatic carbocycles. The summed E-state index contributed by atoms with van der Waals surface area (Å²) in [7, 11) is 1.51. The van der Waals surface area contributed by atoms with E-state index in [2.05, 4.69) is 15.3 Å². The van der Waals surface area contributed by atoms with Crippen molar-refractivity contribution in [3.05, 3.63) is 28.4 Å². The summed E-state index contributed by atoms with van der Waals surface area (Å²) in [6.45, 7) is 7.69. The molecule has 0 aliphatic rings. The Balaban J connectivity index is 2.60. The second kappa shape index (κ2) is 5.08. The number of amides is 1. The van der Waals surface area contributed by atoms with Crippen LogP contribution in [-0.2, 0) is 0 Å². The molecule has 0 atom stereocenters. The molecule has 2 N–H and O–H groups in total. The lowest BCUT2D eigenvalue weighted by atomic mass is 10.2. The molecule has 0 aromatic carbocycles. The third-order valence-electron chi connectivity index (χ3n) is 3.67. The third kappa shape index (κ3) is 2.06. The van der Waals surface area contributed by atoms with E-state index in [0.717, 1.165) is 22.3 Å². The van der Waals surface area contributed by atoms with Crippen molar-refractivity contribution in [3.63, 3.8) is 0 Å². The summed E-state index contributed by atoms with van der Waals surface area (Å²) >= 11 is 0. The molecule has 3 aromatic rings. The second-order valence-electron chi connectivity index (χ2n) is 5.62. The second-order valence-corrected chi connectivity index (χ2v) is 5.62. The Bertz CT molecular complexity index is 978. The number of nitrogens with two attached hydrogens (primary N) is 1. The predicted molar refractivity (Wildman–Crippen MR) is 84.6 cm³/mol. The molecule has 23 heavy (non-hydrogen) atoms. The number of methoxy groups -OCH3 is 1. The summed E-state index contributed by atoms with van der Waals surface area (Å²) in [6, 6.07) is 2.23. The van der Waals surface area contributed by atoms with Gasteiger partial charge in [0.2, 0.25) is 0 Å². The molecule has 8 nitrogen and oxygen atoms in total. The first-order valence-electron chi connectivity index (χ1n) is 7.12. The molecule has 8 heteroatoms. The molecule has 3 rings (SSSR count). The van der Waals surface area contributed by atoms with Crippen LogP contribution in [0.25, 0.3) is 16.9 Å². The standard InChI is InChI=1S/C15H18N6O2/c1-7(2)11-12(21-9(4)6-8(3)19-21)10(13(16)22)14-17-18-15(23-5)20(11)14/h6H,1-5H3,(H2,16,22). The smallest absolute Gasteiger partial charge is 0.321 e. The number of carbonyl (C=O) groups excluding carboxylic acids is 1. The van der Waals surface area contributed by atoms with Crippen molar-refractivity contribution in [2.24, 2.45) is 5.73 Å². The zero-order chi connectivity index (χ0) is 16.9. The average Bonchev–Trinajstić information content (AvgIpc) is 3.09. The lowest BCUT2D eigenvalue weighted by Gasteiger charge is -2.06. The summed E-state index contributed by atoms with van der Waals surface area (Å²) < 4.78 is 8.68. The fourth-order valence-electron chi connectivity index (χ4n) is 2.84. The first kappa shape index (κ1) is 15.0. The Hall–Kier alpha value is -2.90. The van der Waals surface area contributed by atoms with Gasteiger partial charge in [0.15, 0.2) is 5.65 Å². The summed E-state index contributed by atoms with van der Waals surface area (Å²) in [6.07, 6.45) is 0. The van der Waals surface area contributed by atoms with Crippen molar-refractivity contribution < 1.29 is 9.53 Å². The molecular formula is C15H18N6O2. The Morgan fingerprint density at radius 1 is 1.26 bits per heavy atom. The molecule has 0 unspecified atom stereocenters. The van der Waals surface area contributed by atoms with Gasteiger partial charge in [0, 0.05) is 5.69 Å². The van der Waals surface area contributed by atoms with Gasteiger partial charge in [0.1, 0.15) is 11.3 Å². The summed E-state index contributed by atoms with van der Waals surface area (Å²) in [5.74, 6) is -0.583. The number of rotatable bonds is 3. The van der Waals surface area contributed by atoms with E-state index in [1.54, 1.807) is 9.08 Å². The molecule has 120 valence electrons. The minimum absolute atomic E-state index is 0.281. The SMILES string of the molecule is COc1nnc2c(C(N)=O)c(-n3nc(C)cc3C)c(=C(C)C)n12. The van der Waals surface area contributed by atoms with Crippen molar-refractivity contribution in [1.29, 1.82) is 0 Å². The van der Waals surface area contributed by atoms with Crippen LogP contribution in [0.5, 0.6) is 6.01 Å². The molecular weight excluding hydrogens is 296 g/mol. The maximum Gasteiger partial charge on any atom is 0.321 e. The van der Waals surface area contributed by atoms with Gasteiger partial charge < -0.3 is 10.5 Å². The minimum atomic E-state index is -0.583. The Morgan fingerprint density at radius 2 is 1.96 bits per heavy atom. The fraction of sp³-hybridized carbons (Fsp3) is 0.333. The molecule has 0 spiro atoms. The van der Waals surface area contributed by atoms with Crippen molar-refractivity contribution in [1.82, 2.24) is 24.4 Å². The van der Waals surface area contributed by atoms with E-state index in [1.165, 1.54) is 7.11 Å². The molecule has 1 amide bonds. The van der Waals surface area contributed by atoms with Crippen LogP contribution in [0.3, 0.4) is 0 Å². The van der Waals surface area contributed by atoms with Crippen molar-refractivity contribution in [3.8, 4) is 11.7 Å². The molecule has 3 aromatic heterocycles. The van der Waals surface area contributed by atoms with E-state index in [1.807, 2.05) is 33.8 Å². The summed E-state index contributed by atoms with van der Waals surface area (Å²) in [4.78, 5) is 12.1. The van der Waals surface area contributed by atoms with Crippen LogP contribution in [0, 0.1) is 13.8 Å². The van der Waals surface area contributed by atoms with E-state index >= 15 is 0 Å². The Morgan fingerprint density at radius 3 is 2.43 bits per heavy atom. The molecule has 0 fully saturated rings. The molecule has 0 saturated carbocycles. The fourth-order valence-corrected chi connectivity index (χ4v) is 2.84. The third-order valence-corrected chi connectivity index (χ3v) is 3.67. The quantitative estimate of drug-likeness (QED) is 0.761. The van der Waals surface area contributed by atoms with Gasteiger partial charge in [-0.15, -0.1) is 5.10 Å². The summed E-state index contributed by atoms with van der Waals surface area (Å²) in [5.41, 5.74) is 9.59. The molecule has 0 aliphatic heterocycles. The predicted octanol–water partition coefficient (Wildman–Crippen LogP) is 0.549. The van der Waals surface area contributed by atoms with Gasteiger partial charge in [-0.2, -0.15) is 5.10 Å². The van der Waals surface area contributed by atoms with Gasteiger partial charge >= 0.3 is 6.01 Å². The highest BCUT2D eigenvalue weighted by molar-refractivity contribution is 6.03. The molecule has 0 bridgehead atoms. The van der Waals surface area contributed by atoms with Crippen molar-refractivity contribution in [2.45, 2.75) is 27.7 Å². The van der Waals surface area contributed by atoms with E-state index in [0.29, 0.717) is 17.3 Å². The van der Waals surface area contributed by atoms with E-state index in [4.69, 9.17) is 10.5 Å². The largest absolute Gasteiger partial charge is 0.467 e. The number of primary amides is 1. The number of carbonyl (C=O) groups is 1. The summed E-state index contributed by atoms with van der Waals surface area (Å²) in [5, 5.41) is 13.3. The number of aromatic nitrogens is 5. The number of hydrogen-bond donors (Lipinski definition) is 1. The maximum absolute atomic E-state index is 12.1. The van der Waals surface area contributed by atoms with E-state index in [9.17, 15) is 4.79 Å². The first-order chi connectivity index (χ1) is 10.9. The van der Waals surface area contributed by atoms with Gasteiger partial charge in [-0.3, -0.25) is 4.79 Å². The van der Waals surface area contributed by atoms with Crippen LogP contribution in [-0.4, -0.2) is 37.4 Å². The average molecular weight is 314 g/mol. The zero-order valence-electron chi connectivity index (χ0n) is 13.7. The Kier molecular flexibility index (Phi) is 3.32. The Labute approximate surface area is 132 Å². The maximum atomic E-state index is 12.1. The van der Waals surface area contributed by atoms with Gasteiger partial charge in [-0.25, -0.2) is 9.08 Å². The first-order valence-corrected chi connectivity index (χ1v) is 7.12. The van der Waals surface area contributed by atoms with Crippen LogP contribution in [0.4, 0.5) is 0 Å². The van der Waals surface area contributed by atoms with E-state index < -0.39 is 5.91 Å². The monoisotopic (exact) mass is 314 g/mol. The number of nitrogens with zero attached hydrogens (tertiary/aromatic N) is 5. The highest BCUT2D eigenvalue weighted by atomic mass is 16.5. The van der Waals surface area contributed by atoms with Crippen LogP contribution < -0.4 is 15.8 Å². The minimum Gasteiger partial charge on any atom is -0.467 e. The van der Waals surface area contributed by atoms with Gasteiger partial charge in [0.05, 0.1) is 18.2 Å². The molecule has 3 heterocycles.